The number of aryl methyl sites for hydroxylation is 2. The van der Waals surface area contributed by atoms with E-state index in [9.17, 15) is 4.79 Å². The number of amides is 1. The number of rotatable bonds is 2. The van der Waals surface area contributed by atoms with Gasteiger partial charge in [0.1, 0.15) is 0 Å². The highest BCUT2D eigenvalue weighted by atomic mass is 16.2. The Morgan fingerprint density at radius 3 is 2.67 bits per heavy atom. The zero-order chi connectivity index (χ0) is 13.3. The van der Waals surface area contributed by atoms with Crippen molar-refractivity contribution in [2.24, 2.45) is 0 Å². The highest BCUT2D eigenvalue weighted by molar-refractivity contribution is 5.96. The van der Waals surface area contributed by atoms with Gasteiger partial charge < -0.3 is 4.90 Å². The number of nitrogens with zero attached hydrogens (tertiary/aromatic N) is 3. The minimum absolute atomic E-state index is 0.112. The van der Waals surface area contributed by atoms with Gasteiger partial charge in [0.15, 0.2) is 0 Å². The summed E-state index contributed by atoms with van der Waals surface area (Å²) in [6.07, 6.45) is 0. The average Bonchev–Trinajstić information content (AvgIpc) is 2.68. The molecule has 1 unspecified atom stereocenters. The molecule has 1 aliphatic heterocycles. The SMILES string of the molecule is CCN1CCN(C(=O)c2c(C)n[nH]c2C)CC1C. The molecule has 5 nitrogen and oxygen atoms in total. The molecule has 1 aromatic rings. The standard InChI is InChI=1S/C13H22N4O/c1-5-16-6-7-17(8-9(16)2)13(18)12-10(3)14-15-11(12)4/h9H,5-8H2,1-4H3,(H,14,15). The highest BCUT2D eigenvalue weighted by Gasteiger charge is 2.28. The Morgan fingerprint density at radius 2 is 2.17 bits per heavy atom. The molecule has 2 heterocycles. The molecular formula is C13H22N4O. The van der Waals surface area contributed by atoms with Gasteiger partial charge in [0.05, 0.1) is 11.3 Å². The lowest BCUT2D eigenvalue weighted by atomic mass is 10.1. The third-order valence-corrected chi connectivity index (χ3v) is 3.80. The smallest absolute Gasteiger partial charge is 0.257 e. The van der Waals surface area contributed by atoms with Crippen LogP contribution in [0.25, 0.3) is 0 Å². The summed E-state index contributed by atoms with van der Waals surface area (Å²) in [5.74, 6) is 0.112. The van der Waals surface area contributed by atoms with Crippen LogP contribution >= 0.6 is 0 Å². The normalized spacial score (nSPS) is 21.3. The maximum atomic E-state index is 12.5. The van der Waals surface area contributed by atoms with E-state index in [2.05, 4.69) is 28.9 Å². The second-order valence-corrected chi connectivity index (χ2v) is 5.04. The molecule has 0 spiro atoms. The molecule has 0 saturated carbocycles. The molecule has 1 saturated heterocycles. The first-order valence-corrected chi connectivity index (χ1v) is 6.59. The minimum atomic E-state index is 0.112. The van der Waals surface area contributed by atoms with Crippen molar-refractivity contribution < 1.29 is 4.79 Å². The number of likely N-dealkylation sites (N-methyl/N-ethyl adjacent to an activating group) is 1. The molecule has 1 atom stereocenters. The van der Waals surface area contributed by atoms with Crippen LogP contribution in [0.2, 0.25) is 0 Å². The number of nitrogens with one attached hydrogen (secondary N) is 1. The summed E-state index contributed by atoms with van der Waals surface area (Å²) in [7, 11) is 0. The molecule has 1 N–H and O–H groups in total. The van der Waals surface area contributed by atoms with Crippen LogP contribution in [0.15, 0.2) is 0 Å². The molecule has 1 amide bonds. The van der Waals surface area contributed by atoms with Crippen molar-refractivity contribution in [1.29, 1.82) is 0 Å². The van der Waals surface area contributed by atoms with Crippen molar-refractivity contribution in [3.05, 3.63) is 17.0 Å². The van der Waals surface area contributed by atoms with Crippen molar-refractivity contribution in [2.75, 3.05) is 26.2 Å². The van der Waals surface area contributed by atoms with Gasteiger partial charge in [0.2, 0.25) is 0 Å². The third kappa shape index (κ3) is 2.27. The minimum Gasteiger partial charge on any atom is -0.336 e. The predicted octanol–water partition coefficient (Wildman–Crippen LogP) is 1.19. The summed E-state index contributed by atoms with van der Waals surface area (Å²) >= 11 is 0. The zero-order valence-electron chi connectivity index (χ0n) is 11.7. The first-order valence-electron chi connectivity index (χ1n) is 6.59. The molecule has 1 aromatic heterocycles. The monoisotopic (exact) mass is 250 g/mol. The summed E-state index contributed by atoms with van der Waals surface area (Å²) in [5.41, 5.74) is 2.40. The fourth-order valence-corrected chi connectivity index (χ4v) is 2.67. The van der Waals surface area contributed by atoms with Crippen LogP contribution in [0, 0.1) is 13.8 Å². The average molecular weight is 250 g/mol. The van der Waals surface area contributed by atoms with Crippen molar-refractivity contribution in [3.63, 3.8) is 0 Å². The van der Waals surface area contributed by atoms with E-state index in [0.29, 0.717) is 6.04 Å². The number of aromatic nitrogens is 2. The predicted molar refractivity (Wildman–Crippen MR) is 70.7 cm³/mol. The highest BCUT2D eigenvalue weighted by Crippen LogP contribution is 2.16. The topological polar surface area (TPSA) is 52.2 Å². The number of hydrogen-bond donors (Lipinski definition) is 1. The molecular weight excluding hydrogens is 228 g/mol. The molecule has 1 aliphatic rings. The number of piperazine rings is 1. The van der Waals surface area contributed by atoms with Gasteiger partial charge in [0, 0.05) is 31.4 Å². The molecule has 18 heavy (non-hydrogen) atoms. The Hall–Kier alpha value is -1.36. The summed E-state index contributed by atoms with van der Waals surface area (Å²) < 4.78 is 0. The molecule has 0 radical (unpaired) electrons. The molecule has 1 fully saturated rings. The van der Waals surface area contributed by atoms with Crippen LogP contribution in [0.1, 0.15) is 35.6 Å². The van der Waals surface area contributed by atoms with E-state index < -0.39 is 0 Å². The van der Waals surface area contributed by atoms with Crippen LogP contribution in [0.4, 0.5) is 0 Å². The van der Waals surface area contributed by atoms with Gasteiger partial charge in [-0.25, -0.2) is 0 Å². The Labute approximate surface area is 108 Å². The van der Waals surface area contributed by atoms with Crippen molar-refractivity contribution in [1.82, 2.24) is 20.0 Å². The van der Waals surface area contributed by atoms with Gasteiger partial charge in [-0.15, -0.1) is 0 Å². The van der Waals surface area contributed by atoms with Gasteiger partial charge >= 0.3 is 0 Å². The van der Waals surface area contributed by atoms with Gasteiger partial charge in [-0.3, -0.25) is 14.8 Å². The van der Waals surface area contributed by atoms with Gasteiger partial charge in [-0.1, -0.05) is 6.92 Å². The van der Waals surface area contributed by atoms with Gasteiger partial charge in [-0.2, -0.15) is 5.10 Å². The summed E-state index contributed by atoms with van der Waals surface area (Å²) in [6, 6.07) is 0.431. The number of H-pyrrole nitrogens is 1. The van der Waals surface area contributed by atoms with Crippen molar-refractivity contribution >= 4 is 5.91 Å². The van der Waals surface area contributed by atoms with Crippen LogP contribution in [0.5, 0.6) is 0 Å². The Bertz CT molecular complexity index is 421. The second kappa shape index (κ2) is 5.10. The number of aromatic amines is 1. The van der Waals surface area contributed by atoms with Gasteiger partial charge in [-0.05, 0) is 27.3 Å². The van der Waals surface area contributed by atoms with E-state index in [1.54, 1.807) is 0 Å². The van der Waals surface area contributed by atoms with E-state index in [-0.39, 0.29) is 5.91 Å². The van der Waals surface area contributed by atoms with Gasteiger partial charge in [0.25, 0.3) is 5.91 Å². The van der Waals surface area contributed by atoms with Crippen molar-refractivity contribution in [3.8, 4) is 0 Å². The van der Waals surface area contributed by atoms with E-state index >= 15 is 0 Å². The number of hydrogen-bond acceptors (Lipinski definition) is 3. The first-order chi connectivity index (χ1) is 8.54. The maximum Gasteiger partial charge on any atom is 0.257 e. The quantitative estimate of drug-likeness (QED) is 0.858. The molecule has 100 valence electrons. The largest absolute Gasteiger partial charge is 0.336 e. The molecule has 0 bridgehead atoms. The lowest BCUT2D eigenvalue weighted by Crippen LogP contribution is -2.53. The summed E-state index contributed by atoms with van der Waals surface area (Å²) in [6.45, 7) is 11.7. The van der Waals surface area contributed by atoms with Crippen LogP contribution in [-0.4, -0.2) is 58.1 Å². The van der Waals surface area contributed by atoms with E-state index in [1.165, 1.54) is 0 Å². The Kier molecular flexibility index (Phi) is 3.71. The summed E-state index contributed by atoms with van der Waals surface area (Å²) in [5, 5.41) is 6.98. The summed E-state index contributed by atoms with van der Waals surface area (Å²) in [4.78, 5) is 16.8. The lowest BCUT2D eigenvalue weighted by molar-refractivity contribution is 0.0527. The number of carbonyl (C=O) groups excluding carboxylic acids is 1. The van der Waals surface area contributed by atoms with Crippen LogP contribution in [-0.2, 0) is 0 Å². The Balaban J connectivity index is 2.12. The Morgan fingerprint density at radius 1 is 1.44 bits per heavy atom. The fourth-order valence-electron chi connectivity index (χ4n) is 2.67. The zero-order valence-corrected chi connectivity index (χ0v) is 11.7. The van der Waals surface area contributed by atoms with E-state index in [1.807, 2.05) is 18.7 Å². The lowest BCUT2D eigenvalue weighted by Gasteiger charge is -2.39. The number of carbonyl (C=O) groups is 1. The first kappa shape index (κ1) is 13.1. The second-order valence-electron chi connectivity index (χ2n) is 5.04. The third-order valence-electron chi connectivity index (χ3n) is 3.80. The van der Waals surface area contributed by atoms with Crippen molar-refractivity contribution in [2.45, 2.75) is 33.7 Å². The maximum absolute atomic E-state index is 12.5. The molecule has 0 aromatic carbocycles. The molecule has 5 heteroatoms. The fraction of sp³-hybridized carbons (Fsp3) is 0.692. The van der Waals surface area contributed by atoms with Crippen LogP contribution < -0.4 is 0 Å². The molecule has 0 aliphatic carbocycles. The molecule has 2 rings (SSSR count). The van der Waals surface area contributed by atoms with E-state index in [0.717, 1.165) is 43.1 Å². The van der Waals surface area contributed by atoms with E-state index in [4.69, 9.17) is 0 Å². The van der Waals surface area contributed by atoms with Crippen LogP contribution in [0.3, 0.4) is 0 Å².